The largest absolute Gasteiger partial charge is 0.393 e. The zero-order valence-corrected chi connectivity index (χ0v) is 9.60. The van der Waals surface area contributed by atoms with Gasteiger partial charge in [0, 0.05) is 12.7 Å². The number of rotatable bonds is 5. The molecule has 0 saturated carbocycles. The van der Waals surface area contributed by atoms with Crippen molar-refractivity contribution in [3.05, 3.63) is 23.8 Å². The van der Waals surface area contributed by atoms with Crippen molar-refractivity contribution < 1.29 is 9.90 Å². The zero-order valence-electron chi connectivity index (χ0n) is 9.60. The number of nitrogens with zero attached hydrogens (tertiary/aromatic N) is 2. The summed E-state index contributed by atoms with van der Waals surface area (Å²) < 4.78 is 0. The molecule has 0 aliphatic carbocycles. The number of amides is 1. The van der Waals surface area contributed by atoms with E-state index in [-0.39, 0.29) is 12.0 Å². The minimum Gasteiger partial charge on any atom is -0.393 e. The molecular weight excluding hydrogens is 206 g/mol. The lowest BCUT2D eigenvalue weighted by Crippen LogP contribution is -2.26. The molecule has 1 atom stereocenters. The van der Waals surface area contributed by atoms with Gasteiger partial charge in [0.1, 0.15) is 5.69 Å². The van der Waals surface area contributed by atoms with Crippen LogP contribution in [0.2, 0.25) is 0 Å². The number of nitrogens with one attached hydrogen (secondary N) is 1. The summed E-state index contributed by atoms with van der Waals surface area (Å²) in [6, 6.07) is 0. The number of carbonyl (C=O) groups is 1. The molecule has 2 N–H and O–H groups in total. The molecular formula is C11H17N3O2. The van der Waals surface area contributed by atoms with Crippen molar-refractivity contribution in [1.82, 2.24) is 15.3 Å². The van der Waals surface area contributed by atoms with E-state index >= 15 is 0 Å². The van der Waals surface area contributed by atoms with Gasteiger partial charge < -0.3 is 10.4 Å². The van der Waals surface area contributed by atoms with Crippen molar-refractivity contribution in [3.8, 4) is 0 Å². The summed E-state index contributed by atoms with van der Waals surface area (Å²) in [5.74, 6) is -0.224. The van der Waals surface area contributed by atoms with Gasteiger partial charge >= 0.3 is 0 Å². The first-order chi connectivity index (χ1) is 7.59. The Bertz CT molecular complexity index is 336. The van der Waals surface area contributed by atoms with Gasteiger partial charge in [-0.15, -0.1) is 0 Å². The number of aromatic nitrogens is 2. The molecule has 0 aromatic carbocycles. The van der Waals surface area contributed by atoms with Crippen LogP contribution in [0.5, 0.6) is 0 Å². The summed E-state index contributed by atoms with van der Waals surface area (Å²) in [5, 5.41) is 11.8. The summed E-state index contributed by atoms with van der Waals surface area (Å²) in [6.07, 6.45) is 4.13. The van der Waals surface area contributed by atoms with Gasteiger partial charge in [0.2, 0.25) is 0 Å². The molecule has 5 nitrogen and oxygen atoms in total. The van der Waals surface area contributed by atoms with Crippen molar-refractivity contribution in [1.29, 1.82) is 0 Å². The highest BCUT2D eigenvalue weighted by atomic mass is 16.3. The van der Waals surface area contributed by atoms with Crippen molar-refractivity contribution in [2.24, 2.45) is 0 Å². The summed E-state index contributed by atoms with van der Waals surface area (Å²) >= 11 is 0. The standard InChI is InChI=1S/C11H17N3O2/c1-8-6-14-10(7-13-8)11(16)12-5-3-4-9(2)15/h6-7,9,15H,3-5H2,1-2H3,(H,12,16). The second-order valence-corrected chi connectivity index (χ2v) is 3.79. The van der Waals surface area contributed by atoms with Gasteiger partial charge in [0.25, 0.3) is 5.91 Å². The van der Waals surface area contributed by atoms with Gasteiger partial charge in [-0.05, 0) is 26.7 Å². The van der Waals surface area contributed by atoms with Gasteiger partial charge in [-0.1, -0.05) is 0 Å². The Kier molecular flexibility index (Phi) is 4.85. The van der Waals surface area contributed by atoms with Crippen LogP contribution in [0.3, 0.4) is 0 Å². The van der Waals surface area contributed by atoms with E-state index in [1.807, 2.05) is 6.92 Å². The minimum atomic E-state index is -0.323. The second kappa shape index (κ2) is 6.17. The molecule has 1 amide bonds. The summed E-state index contributed by atoms with van der Waals surface area (Å²) in [7, 11) is 0. The van der Waals surface area contributed by atoms with Crippen LogP contribution >= 0.6 is 0 Å². The lowest BCUT2D eigenvalue weighted by molar-refractivity contribution is 0.0944. The quantitative estimate of drug-likeness (QED) is 0.720. The molecule has 0 spiro atoms. The highest BCUT2D eigenvalue weighted by Crippen LogP contribution is 1.96. The molecule has 0 aliphatic heterocycles. The summed E-state index contributed by atoms with van der Waals surface area (Å²) in [5.41, 5.74) is 1.10. The Balaban J connectivity index is 2.32. The molecule has 0 radical (unpaired) electrons. The van der Waals surface area contributed by atoms with Crippen LogP contribution in [0, 0.1) is 6.92 Å². The molecule has 88 valence electrons. The third-order valence-electron chi connectivity index (χ3n) is 2.10. The fourth-order valence-electron chi connectivity index (χ4n) is 1.20. The van der Waals surface area contributed by atoms with E-state index < -0.39 is 0 Å². The van der Waals surface area contributed by atoms with E-state index in [9.17, 15) is 4.79 Å². The van der Waals surface area contributed by atoms with E-state index in [1.165, 1.54) is 6.20 Å². The molecule has 1 unspecified atom stereocenters. The highest BCUT2D eigenvalue weighted by Gasteiger charge is 2.06. The van der Waals surface area contributed by atoms with Gasteiger partial charge in [-0.2, -0.15) is 0 Å². The maximum Gasteiger partial charge on any atom is 0.271 e. The number of aryl methyl sites for hydroxylation is 1. The molecule has 1 rings (SSSR count). The van der Waals surface area contributed by atoms with Crippen LogP contribution in [0.1, 0.15) is 35.9 Å². The lowest BCUT2D eigenvalue weighted by atomic mass is 10.2. The zero-order chi connectivity index (χ0) is 12.0. The molecule has 0 fully saturated rings. The average molecular weight is 223 g/mol. The monoisotopic (exact) mass is 223 g/mol. The average Bonchev–Trinajstić information content (AvgIpc) is 2.25. The third kappa shape index (κ3) is 4.35. The first-order valence-corrected chi connectivity index (χ1v) is 5.34. The first kappa shape index (κ1) is 12.6. The van der Waals surface area contributed by atoms with E-state index in [1.54, 1.807) is 13.1 Å². The van der Waals surface area contributed by atoms with E-state index in [0.29, 0.717) is 18.7 Å². The normalized spacial score (nSPS) is 12.2. The minimum absolute atomic E-state index is 0.224. The maximum absolute atomic E-state index is 11.5. The lowest BCUT2D eigenvalue weighted by Gasteiger charge is -2.05. The van der Waals surface area contributed by atoms with E-state index in [2.05, 4.69) is 15.3 Å². The Morgan fingerprint density at radius 2 is 2.25 bits per heavy atom. The number of carbonyl (C=O) groups excluding carboxylic acids is 1. The van der Waals surface area contributed by atoms with Gasteiger partial charge in [-0.3, -0.25) is 9.78 Å². The van der Waals surface area contributed by atoms with E-state index in [4.69, 9.17) is 5.11 Å². The molecule has 0 bridgehead atoms. The first-order valence-electron chi connectivity index (χ1n) is 5.34. The Hall–Kier alpha value is -1.49. The SMILES string of the molecule is Cc1cnc(C(=O)NCCCC(C)O)cn1. The predicted molar refractivity (Wildman–Crippen MR) is 60.0 cm³/mol. The Morgan fingerprint density at radius 3 is 2.81 bits per heavy atom. The van der Waals surface area contributed by atoms with Crippen molar-refractivity contribution in [2.45, 2.75) is 32.8 Å². The molecule has 1 aromatic rings. The molecule has 0 aliphatic rings. The third-order valence-corrected chi connectivity index (χ3v) is 2.10. The fourth-order valence-corrected chi connectivity index (χ4v) is 1.20. The number of aliphatic hydroxyl groups excluding tert-OH is 1. The fraction of sp³-hybridized carbons (Fsp3) is 0.545. The van der Waals surface area contributed by atoms with Gasteiger partial charge in [-0.25, -0.2) is 4.98 Å². The predicted octanol–water partition coefficient (Wildman–Crippen LogP) is 0.676. The highest BCUT2D eigenvalue weighted by molar-refractivity contribution is 5.91. The number of hydrogen-bond acceptors (Lipinski definition) is 4. The topological polar surface area (TPSA) is 75.1 Å². The van der Waals surface area contributed by atoms with Crippen LogP contribution in [0.4, 0.5) is 0 Å². The van der Waals surface area contributed by atoms with E-state index in [0.717, 1.165) is 12.1 Å². The van der Waals surface area contributed by atoms with Crippen molar-refractivity contribution in [3.63, 3.8) is 0 Å². The molecule has 1 heterocycles. The summed E-state index contributed by atoms with van der Waals surface area (Å²) in [6.45, 7) is 4.09. The van der Waals surface area contributed by atoms with Gasteiger partial charge in [0.15, 0.2) is 0 Å². The van der Waals surface area contributed by atoms with Crippen LogP contribution in [-0.4, -0.2) is 33.6 Å². The van der Waals surface area contributed by atoms with Crippen LogP contribution < -0.4 is 5.32 Å². The Labute approximate surface area is 94.9 Å². The molecule has 16 heavy (non-hydrogen) atoms. The van der Waals surface area contributed by atoms with Crippen molar-refractivity contribution >= 4 is 5.91 Å². The summed E-state index contributed by atoms with van der Waals surface area (Å²) in [4.78, 5) is 19.5. The number of hydrogen-bond donors (Lipinski definition) is 2. The number of aliphatic hydroxyl groups is 1. The van der Waals surface area contributed by atoms with Gasteiger partial charge in [0.05, 0.1) is 18.0 Å². The van der Waals surface area contributed by atoms with Crippen molar-refractivity contribution in [2.75, 3.05) is 6.54 Å². The molecule has 5 heteroatoms. The maximum atomic E-state index is 11.5. The van der Waals surface area contributed by atoms with Crippen LogP contribution in [0.15, 0.2) is 12.4 Å². The smallest absolute Gasteiger partial charge is 0.271 e. The van der Waals surface area contributed by atoms with Crippen LogP contribution in [-0.2, 0) is 0 Å². The molecule has 0 saturated heterocycles. The van der Waals surface area contributed by atoms with Crippen LogP contribution in [0.25, 0.3) is 0 Å². The molecule has 1 aromatic heterocycles. The Morgan fingerprint density at radius 1 is 1.50 bits per heavy atom. The second-order valence-electron chi connectivity index (χ2n) is 3.79.